The van der Waals surface area contributed by atoms with Crippen molar-refractivity contribution in [3.05, 3.63) is 73.9 Å². The van der Waals surface area contributed by atoms with Crippen LogP contribution in [0.1, 0.15) is 12.5 Å². The van der Waals surface area contributed by atoms with E-state index in [-0.39, 0.29) is 11.1 Å². The van der Waals surface area contributed by atoms with Crippen molar-refractivity contribution in [2.75, 3.05) is 19.1 Å². The highest BCUT2D eigenvalue weighted by molar-refractivity contribution is 6.38. The Morgan fingerprint density at radius 3 is 2.24 bits per heavy atom. The van der Waals surface area contributed by atoms with Crippen LogP contribution < -0.4 is 9.64 Å². The molecule has 2 aromatic rings. The molecule has 150 valence electrons. The Kier molecular flexibility index (Phi) is 6.22. The van der Waals surface area contributed by atoms with E-state index < -0.39 is 11.9 Å². The lowest BCUT2D eigenvalue weighted by atomic mass is 10.0. The van der Waals surface area contributed by atoms with Crippen molar-refractivity contribution in [2.24, 2.45) is 0 Å². The number of hydrogen-bond donors (Lipinski definition) is 0. The zero-order chi connectivity index (χ0) is 21.3. The summed E-state index contributed by atoms with van der Waals surface area (Å²) < 4.78 is 10.1. The Morgan fingerprint density at radius 2 is 1.69 bits per heavy atom. The SMILES string of the molecule is COC(=O)C1=C(C)N(c2ccc(OC)c(Cl)c2)C(=O)/C1=C\c1c(Cl)cccc1Cl. The molecule has 2 aromatic carbocycles. The molecule has 0 bridgehead atoms. The number of benzene rings is 2. The molecule has 0 saturated carbocycles. The van der Waals surface area contributed by atoms with Crippen molar-refractivity contribution in [2.45, 2.75) is 6.92 Å². The van der Waals surface area contributed by atoms with E-state index in [2.05, 4.69) is 0 Å². The lowest BCUT2D eigenvalue weighted by molar-refractivity contribution is -0.136. The Morgan fingerprint density at radius 1 is 1.03 bits per heavy atom. The van der Waals surface area contributed by atoms with Crippen LogP contribution >= 0.6 is 34.8 Å². The summed E-state index contributed by atoms with van der Waals surface area (Å²) in [5, 5.41) is 1.04. The molecular weight excluding hydrogens is 437 g/mol. The van der Waals surface area contributed by atoms with Gasteiger partial charge in [-0.3, -0.25) is 9.69 Å². The van der Waals surface area contributed by atoms with Crippen molar-refractivity contribution in [1.29, 1.82) is 0 Å². The van der Waals surface area contributed by atoms with Crippen LogP contribution in [0.25, 0.3) is 6.08 Å². The maximum atomic E-state index is 13.3. The van der Waals surface area contributed by atoms with E-state index in [1.165, 1.54) is 25.2 Å². The van der Waals surface area contributed by atoms with Gasteiger partial charge in [0.1, 0.15) is 5.75 Å². The first-order chi connectivity index (χ1) is 13.8. The number of carbonyl (C=O) groups excluding carboxylic acids is 2. The molecule has 1 aliphatic rings. The molecular formula is C21H16Cl3NO4. The highest BCUT2D eigenvalue weighted by Crippen LogP contribution is 2.39. The summed E-state index contributed by atoms with van der Waals surface area (Å²) in [5.41, 5.74) is 1.56. The third kappa shape index (κ3) is 3.86. The highest BCUT2D eigenvalue weighted by Gasteiger charge is 2.38. The highest BCUT2D eigenvalue weighted by atomic mass is 35.5. The van der Waals surface area contributed by atoms with Gasteiger partial charge in [-0.15, -0.1) is 0 Å². The number of ether oxygens (including phenoxy) is 2. The average Bonchev–Trinajstić information content (AvgIpc) is 2.93. The van der Waals surface area contributed by atoms with Crippen molar-refractivity contribution in [3.8, 4) is 5.75 Å². The predicted octanol–water partition coefficient (Wildman–Crippen LogP) is 5.53. The summed E-state index contributed by atoms with van der Waals surface area (Å²) in [5.74, 6) is -0.608. The smallest absolute Gasteiger partial charge is 0.340 e. The third-order valence-electron chi connectivity index (χ3n) is 4.47. The molecule has 5 nitrogen and oxygen atoms in total. The number of allylic oxidation sites excluding steroid dienone is 1. The van der Waals surface area contributed by atoms with Crippen LogP contribution in [0.2, 0.25) is 15.1 Å². The van der Waals surface area contributed by atoms with Gasteiger partial charge in [0.2, 0.25) is 0 Å². The third-order valence-corrected chi connectivity index (χ3v) is 5.43. The maximum Gasteiger partial charge on any atom is 0.340 e. The fraction of sp³-hybridized carbons (Fsp3) is 0.143. The van der Waals surface area contributed by atoms with Gasteiger partial charge >= 0.3 is 5.97 Å². The summed E-state index contributed by atoms with van der Waals surface area (Å²) in [6, 6.07) is 9.89. The van der Waals surface area contributed by atoms with Crippen LogP contribution in [0.5, 0.6) is 5.75 Å². The Hall–Kier alpha value is -2.47. The molecule has 3 rings (SSSR count). The first kappa shape index (κ1) is 21.2. The molecule has 1 aliphatic heterocycles. The first-order valence-corrected chi connectivity index (χ1v) is 9.56. The molecule has 0 aromatic heterocycles. The molecule has 0 aliphatic carbocycles. The molecule has 1 heterocycles. The van der Waals surface area contributed by atoms with E-state index in [0.29, 0.717) is 37.8 Å². The Bertz CT molecular complexity index is 1060. The van der Waals surface area contributed by atoms with Gasteiger partial charge in [-0.25, -0.2) is 4.79 Å². The molecule has 8 heteroatoms. The monoisotopic (exact) mass is 451 g/mol. The Balaban J connectivity index is 2.19. The van der Waals surface area contributed by atoms with E-state index >= 15 is 0 Å². The summed E-state index contributed by atoms with van der Waals surface area (Å²) >= 11 is 18.7. The standard InChI is InChI=1S/C21H16Cl3NO4/c1-11-19(21(27)29-3)14(10-13-15(22)5-4-6-16(13)23)20(26)25(11)12-7-8-18(28-2)17(24)9-12/h4-10H,1-3H3/b14-10-. The van der Waals surface area contributed by atoms with Crippen molar-refractivity contribution < 1.29 is 19.1 Å². The van der Waals surface area contributed by atoms with E-state index in [4.69, 9.17) is 44.3 Å². The number of hydrogen-bond acceptors (Lipinski definition) is 4. The number of carbonyl (C=O) groups is 2. The number of esters is 1. The zero-order valence-electron chi connectivity index (χ0n) is 15.8. The van der Waals surface area contributed by atoms with Crippen molar-refractivity contribution in [1.82, 2.24) is 0 Å². The van der Waals surface area contributed by atoms with E-state index in [9.17, 15) is 9.59 Å². The van der Waals surface area contributed by atoms with E-state index in [0.717, 1.165) is 0 Å². The first-order valence-electron chi connectivity index (χ1n) is 8.43. The molecule has 29 heavy (non-hydrogen) atoms. The lowest BCUT2D eigenvalue weighted by Gasteiger charge is -2.19. The summed E-state index contributed by atoms with van der Waals surface area (Å²) in [6.07, 6.45) is 1.49. The van der Waals surface area contributed by atoms with Crippen LogP contribution in [0, 0.1) is 0 Å². The van der Waals surface area contributed by atoms with Crippen LogP contribution in [-0.4, -0.2) is 26.1 Å². The summed E-state index contributed by atoms with van der Waals surface area (Å²) in [7, 11) is 2.75. The van der Waals surface area contributed by atoms with Crippen molar-refractivity contribution >= 4 is 58.4 Å². The van der Waals surface area contributed by atoms with Crippen molar-refractivity contribution in [3.63, 3.8) is 0 Å². The fourth-order valence-corrected chi connectivity index (χ4v) is 3.84. The van der Waals surface area contributed by atoms with Gasteiger partial charge in [0.05, 0.1) is 36.1 Å². The van der Waals surface area contributed by atoms with Gasteiger partial charge in [-0.1, -0.05) is 40.9 Å². The lowest BCUT2D eigenvalue weighted by Crippen LogP contribution is -2.24. The second kappa shape index (κ2) is 8.49. The maximum absolute atomic E-state index is 13.3. The van der Waals surface area contributed by atoms with Crippen LogP contribution in [0.4, 0.5) is 5.69 Å². The van der Waals surface area contributed by atoms with Gasteiger partial charge in [0.25, 0.3) is 5.91 Å². The fourth-order valence-electron chi connectivity index (χ4n) is 3.08. The van der Waals surface area contributed by atoms with E-state index in [1.807, 2.05) is 0 Å². The molecule has 0 unspecified atom stereocenters. The number of nitrogens with zero attached hydrogens (tertiary/aromatic N) is 1. The number of methoxy groups -OCH3 is 2. The number of rotatable bonds is 4. The average molecular weight is 453 g/mol. The molecule has 0 radical (unpaired) electrons. The molecule has 0 fully saturated rings. The van der Waals surface area contributed by atoms with Gasteiger partial charge < -0.3 is 9.47 Å². The molecule has 0 N–H and O–H groups in total. The van der Waals surface area contributed by atoms with Gasteiger partial charge in [0, 0.05) is 21.3 Å². The summed E-state index contributed by atoms with van der Waals surface area (Å²) in [4.78, 5) is 27.1. The number of halogens is 3. The molecule has 0 saturated heterocycles. The number of anilines is 1. The second-order valence-corrected chi connectivity index (χ2v) is 7.33. The topological polar surface area (TPSA) is 55.8 Å². The van der Waals surface area contributed by atoms with Gasteiger partial charge in [-0.2, -0.15) is 0 Å². The normalized spacial score (nSPS) is 15.3. The number of amides is 1. The summed E-state index contributed by atoms with van der Waals surface area (Å²) in [6.45, 7) is 1.65. The minimum Gasteiger partial charge on any atom is -0.495 e. The largest absolute Gasteiger partial charge is 0.495 e. The minimum absolute atomic E-state index is 0.122. The van der Waals surface area contributed by atoms with Crippen LogP contribution in [-0.2, 0) is 14.3 Å². The molecule has 1 amide bonds. The van der Waals surface area contributed by atoms with Gasteiger partial charge in [0.15, 0.2) is 0 Å². The second-order valence-electron chi connectivity index (χ2n) is 6.10. The predicted molar refractivity (Wildman–Crippen MR) is 115 cm³/mol. The zero-order valence-corrected chi connectivity index (χ0v) is 18.0. The molecule has 0 spiro atoms. The van der Waals surface area contributed by atoms with Gasteiger partial charge in [-0.05, 0) is 43.3 Å². The Labute approximate surface area is 183 Å². The van der Waals surface area contributed by atoms with Crippen LogP contribution in [0.15, 0.2) is 53.2 Å². The minimum atomic E-state index is -0.646. The van der Waals surface area contributed by atoms with Crippen LogP contribution in [0.3, 0.4) is 0 Å². The molecule has 0 atom stereocenters. The van der Waals surface area contributed by atoms with E-state index in [1.54, 1.807) is 43.3 Å². The quantitative estimate of drug-likeness (QED) is 0.452.